The van der Waals surface area contributed by atoms with Crippen molar-refractivity contribution in [2.45, 2.75) is 6.10 Å². The predicted octanol–water partition coefficient (Wildman–Crippen LogP) is 2.24. The highest BCUT2D eigenvalue weighted by molar-refractivity contribution is 6.03. The van der Waals surface area contributed by atoms with Gasteiger partial charge in [-0.1, -0.05) is 24.3 Å². The number of aromatic hydroxyl groups is 1. The van der Waals surface area contributed by atoms with Crippen LogP contribution < -0.4 is 0 Å². The number of nitriles is 1. The third-order valence-corrected chi connectivity index (χ3v) is 3.12. The van der Waals surface area contributed by atoms with Gasteiger partial charge < -0.3 is 14.9 Å². The topological polar surface area (TPSA) is 108 Å². The first kappa shape index (κ1) is 17.8. The zero-order valence-corrected chi connectivity index (χ0v) is 12.7. The lowest BCUT2D eigenvalue weighted by Crippen LogP contribution is -2.20. The van der Waals surface area contributed by atoms with Gasteiger partial charge in [0.25, 0.3) is 0 Å². The van der Waals surface area contributed by atoms with Crippen molar-refractivity contribution in [3.8, 4) is 11.8 Å². The lowest BCUT2D eigenvalue weighted by molar-refractivity contribution is -0.163. The molecule has 0 bridgehead atoms. The van der Waals surface area contributed by atoms with Gasteiger partial charge in [-0.15, -0.1) is 0 Å². The summed E-state index contributed by atoms with van der Waals surface area (Å²) in [5.41, 5.74) is -0.111. The van der Waals surface area contributed by atoms with Gasteiger partial charge in [-0.25, -0.2) is 14.0 Å². The van der Waals surface area contributed by atoms with E-state index in [1.807, 2.05) is 0 Å². The normalized spacial score (nSPS) is 12.1. The molecule has 0 saturated heterocycles. The maximum Gasteiger partial charge on any atom is 0.356 e. The molecule has 0 saturated carbocycles. The number of nitrogens with zero attached hydrogens (tertiary/aromatic N) is 1. The summed E-state index contributed by atoms with van der Waals surface area (Å²) in [6.07, 6.45) is -0.676. The molecule has 2 rings (SSSR count). The van der Waals surface area contributed by atoms with Crippen LogP contribution in [0.3, 0.4) is 0 Å². The van der Waals surface area contributed by atoms with Gasteiger partial charge in [-0.3, -0.25) is 0 Å². The van der Waals surface area contributed by atoms with E-state index in [-0.39, 0.29) is 11.3 Å². The van der Waals surface area contributed by atoms with E-state index >= 15 is 0 Å². The third kappa shape index (κ3) is 4.73. The van der Waals surface area contributed by atoms with E-state index < -0.39 is 29.4 Å². The third-order valence-electron chi connectivity index (χ3n) is 3.12. The molecule has 0 spiro atoms. The summed E-state index contributed by atoms with van der Waals surface area (Å²) in [4.78, 5) is 23.7. The van der Waals surface area contributed by atoms with Gasteiger partial charge in [0, 0.05) is 0 Å². The molecular weight excluding hydrogens is 329 g/mol. The molecule has 0 amide bonds. The highest BCUT2D eigenvalue weighted by atomic mass is 19.1. The van der Waals surface area contributed by atoms with Gasteiger partial charge in [0.05, 0.1) is 0 Å². The van der Waals surface area contributed by atoms with Crippen molar-refractivity contribution >= 4 is 18.0 Å². The van der Waals surface area contributed by atoms with Gasteiger partial charge in [0.15, 0.2) is 6.10 Å². The number of hydrogen-bond donors (Lipinski definition) is 2. The Morgan fingerprint density at radius 3 is 2.48 bits per heavy atom. The Labute approximate surface area is 142 Å². The van der Waals surface area contributed by atoms with Gasteiger partial charge in [0.2, 0.25) is 0 Å². The van der Waals surface area contributed by atoms with Crippen LogP contribution in [0.1, 0.15) is 17.2 Å². The molecule has 0 radical (unpaired) electrons. The fraction of sp³-hybridized carbons (Fsp3) is 0.0556. The molecule has 2 aromatic rings. The second kappa shape index (κ2) is 7.86. The van der Waals surface area contributed by atoms with Crippen LogP contribution in [-0.4, -0.2) is 22.2 Å². The molecule has 6 nitrogen and oxygen atoms in total. The number of esters is 2. The molecule has 0 heterocycles. The van der Waals surface area contributed by atoms with Crippen molar-refractivity contribution in [2.24, 2.45) is 0 Å². The summed E-state index contributed by atoms with van der Waals surface area (Å²) < 4.78 is 17.3. The largest absolute Gasteiger partial charge is 0.508 e. The van der Waals surface area contributed by atoms with Crippen LogP contribution in [0.25, 0.3) is 6.08 Å². The van der Waals surface area contributed by atoms with Crippen LogP contribution >= 0.6 is 0 Å². The van der Waals surface area contributed by atoms with E-state index in [1.54, 1.807) is 6.07 Å². The minimum Gasteiger partial charge on any atom is -0.508 e. The van der Waals surface area contributed by atoms with Gasteiger partial charge >= 0.3 is 11.9 Å². The van der Waals surface area contributed by atoms with Crippen molar-refractivity contribution in [1.29, 1.82) is 5.26 Å². The highest BCUT2D eigenvalue weighted by Crippen LogP contribution is 2.17. The predicted molar refractivity (Wildman–Crippen MR) is 84.2 cm³/mol. The number of carbonyl (C=O) groups is 2. The molecule has 0 unspecified atom stereocenters. The number of hydrogen-bond acceptors (Lipinski definition) is 6. The fourth-order valence-electron chi connectivity index (χ4n) is 1.90. The summed E-state index contributed by atoms with van der Waals surface area (Å²) in [5, 5.41) is 28.2. The molecule has 0 aliphatic carbocycles. The molecule has 2 N–H and O–H groups in total. The fourth-order valence-corrected chi connectivity index (χ4v) is 1.90. The van der Waals surface area contributed by atoms with Crippen molar-refractivity contribution < 1.29 is 28.9 Å². The lowest BCUT2D eigenvalue weighted by Gasteiger charge is -2.09. The number of halogens is 1. The second-order valence-corrected chi connectivity index (χ2v) is 4.93. The Balaban J connectivity index is 2.12. The summed E-state index contributed by atoms with van der Waals surface area (Å²) >= 11 is 0. The number of phenols is 1. The molecular formula is C18H12FNO5. The molecule has 0 aliphatic rings. The standard InChI is InChI=1S/C18H12FNO5/c19-14-6-4-12(5-7-14)16(22)18(24)25-17(23)13(10-20)8-11-2-1-3-15(21)9-11/h1-9,16,21-22H/b13-8+/t16-/m1/s1. The molecule has 0 aromatic heterocycles. The summed E-state index contributed by atoms with van der Waals surface area (Å²) in [6.45, 7) is 0. The highest BCUT2D eigenvalue weighted by Gasteiger charge is 2.24. The van der Waals surface area contributed by atoms with Crippen LogP contribution in [0.5, 0.6) is 5.75 Å². The van der Waals surface area contributed by atoms with Gasteiger partial charge in [-0.2, -0.15) is 5.26 Å². The molecule has 25 heavy (non-hydrogen) atoms. The molecule has 126 valence electrons. The Morgan fingerprint density at radius 1 is 1.20 bits per heavy atom. The first-order chi connectivity index (χ1) is 11.9. The Kier molecular flexibility index (Phi) is 5.61. The molecule has 2 aromatic carbocycles. The number of ether oxygens (including phenoxy) is 1. The minimum absolute atomic E-state index is 0.0367. The summed E-state index contributed by atoms with van der Waals surface area (Å²) in [7, 11) is 0. The quantitative estimate of drug-likeness (QED) is 0.382. The van der Waals surface area contributed by atoms with Crippen molar-refractivity contribution in [3.05, 3.63) is 71.0 Å². The average molecular weight is 341 g/mol. The second-order valence-electron chi connectivity index (χ2n) is 4.93. The Morgan fingerprint density at radius 2 is 1.88 bits per heavy atom. The molecule has 7 heteroatoms. The van der Waals surface area contributed by atoms with Crippen LogP contribution in [-0.2, 0) is 14.3 Å². The lowest BCUT2D eigenvalue weighted by atomic mass is 10.1. The van der Waals surface area contributed by atoms with Crippen LogP contribution in [0.2, 0.25) is 0 Å². The first-order valence-corrected chi connectivity index (χ1v) is 7.01. The monoisotopic (exact) mass is 341 g/mol. The van der Waals surface area contributed by atoms with Crippen LogP contribution in [0.15, 0.2) is 54.1 Å². The van der Waals surface area contributed by atoms with Crippen molar-refractivity contribution in [2.75, 3.05) is 0 Å². The Bertz CT molecular complexity index is 868. The first-order valence-electron chi connectivity index (χ1n) is 7.01. The number of rotatable bonds is 4. The van der Waals surface area contributed by atoms with E-state index in [0.29, 0.717) is 5.56 Å². The SMILES string of the molecule is N#C/C(=C\c1cccc(O)c1)C(=O)OC(=O)[C@H](O)c1ccc(F)cc1. The minimum atomic E-state index is -1.80. The zero-order valence-electron chi connectivity index (χ0n) is 12.7. The number of carbonyl (C=O) groups excluding carboxylic acids is 2. The van der Waals surface area contributed by atoms with Crippen LogP contribution in [0, 0.1) is 17.1 Å². The molecule has 0 fully saturated rings. The zero-order chi connectivity index (χ0) is 18.4. The van der Waals surface area contributed by atoms with Gasteiger partial charge in [-0.05, 0) is 41.5 Å². The maximum absolute atomic E-state index is 12.8. The Hall–Kier alpha value is -3.50. The molecule has 0 aliphatic heterocycles. The average Bonchev–Trinajstić information content (AvgIpc) is 2.59. The summed E-state index contributed by atoms with van der Waals surface area (Å²) in [6, 6.07) is 11.7. The molecule has 1 atom stereocenters. The number of aliphatic hydroxyl groups is 1. The smallest absolute Gasteiger partial charge is 0.356 e. The van der Waals surface area contributed by atoms with E-state index in [4.69, 9.17) is 5.26 Å². The van der Waals surface area contributed by atoms with Crippen LogP contribution in [0.4, 0.5) is 4.39 Å². The number of aliphatic hydroxyl groups excluding tert-OH is 1. The maximum atomic E-state index is 12.8. The van der Waals surface area contributed by atoms with Crippen molar-refractivity contribution in [1.82, 2.24) is 0 Å². The van der Waals surface area contributed by atoms with E-state index in [9.17, 15) is 24.2 Å². The van der Waals surface area contributed by atoms with Crippen molar-refractivity contribution in [3.63, 3.8) is 0 Å². The summed E-state index contributed by atoms with van der Waals surface area (Å²) in [5.74, 6) is -3.17. The van der Waals surface area contributed by atoms with Gasteiger partial charge in [0.1, 0.15) is 23.2 Å². The van der Waals surface area contributed by atoms with E-state index in [1.165, 1.54) is 36.4 Å². The number of benzene rings is 2. The van der Waals surface area contributed by atoms with E-state index in [2.05, 4.69) is 4.74 Å². The number of phenolic OH excluding ortho intramolecular Hbond substituents is 1. The van der Waals surface area contributed by atoms with E-state index in [0.717, 1.165) is 18.2 Å².